The molecule has 0 aromatic heterocycles. The van der Waals surface area contributed by atoms with E-state index in [0.717, 1.165) is 5.69 Å². The van der Waals surface area contributed by atoms with Crippen molar-refractivity contribution in [2.75, 3.05) is 43.0 Å². The molecule has 1 heterocycles. The fraction of sp³-hybridized carbons (Fsp3) is 0.300. The molecular weight excluding hydrogens is 518 g/mol. The number of piperazine rings is 1. The summed E-state index contributed by atoms with van der Waals surface area (Å²) in [7, 11) is 0. The minimum Gasteiger partial charge on any atom is -0.478 e. The van der Waals surface area contributed by atoms with E-state index in [-0.39, 0.29) is 12.5 Å². The zero-order valence-corrected chi connectivity index (χ0v) is 23.0. The van der Waals surface area contributed by atoms with Crippen LogP contribution in [0.15, 0.2) is 72.8 Å². The van der Waals surface area contributed by atoms with Gasteiger partial charge in [-0.25, -0.2) is 4.79 Å². The lowest BCUT2D eigenvalue weighted by Crippen LogP contribution is -2.49. The van der Waals surface area contributed by atoms with Crippen molar-refractivity contribution in [1.82, 2.24) is 4.90 Å². The summed E-state index contributed by atoms with van der Waals surface area (Å²) < 4.78 is 11.1. The fourth-order valence-corrected chi connectivity index (χ4v) is 4.41. The Labute approximate surface area is 233 Å². The number of halogens is 1. The van der Waals surface area contributed by atoms with Crippen molar-refractivity contribution in [1.29, 1.82) is 0 Å². The number of benzene rings is 3. The minimum atomic E-state index is -1.23. The second-order valence-corrected chi connectivity index (χ2v) is 10.1. The topological polar surface area (TPSA) is 88.2 Å². The summed E-state index contributed by atoms with van der Waals surface area (Å²) in [5.74, 6) is -0.381. The van der Waals surface area contributed by atoms with Gasteiger partial charge in [0.15, 0.2) is 5.60 Å². The van der Waals surface area contributed by atoms with Crippen LogP contribution in [0.4, 0.5) is 11.4 Å². The number of anilines is 2. The Morgan fingerprint density at radius 3 is 2.21 bits per heavy atom. The van der Waals surface area contributed by atoms with Crippen LogP contribution in [0.25, 0.3) is 0 Å². The van der Waals surface area contributed by atoms with Crippen LogP contribution >= 0.6 is 11.6 Å². The predicted molar refractivity (Wildman–Crippen MR) is 152 cm³/mol. The average molecular weight is 550 g/mol. The Kier molecular flexibility index (Phi) is 8.76. The average Bonchev–Trinajstić information content (AvgIpc) is 2.94. The number of esters is 1. The van der Waals surface area contributed by atoms with Crippen LogP contribution in [-0.4, -0.2) is 61.1 Å². The van der Waals surface area contributed by atoms with Gasteiger partial charge in [0.25, 0.3) is 11.8 Å². The standard InChI is InChI=1S/C30H32ClN3O5/c1-4-38-28(36)22-10-15-26(33-16-18-34(19-17-33)27(35)21-8-6-5-7-9-21)25(20-22)32-29(37)30(2,3)39-24-13-11-23(31)12-14-24/h5-15,20H,4,16-19H2,1-3H3,(H,32,37). The lowest BCUT2D eigenvalue weighted by atomic mass is 10.1. The van der Waals surface area contributed by atoms with Crippen molar-refractivity contribution in [2.45, 2.75) is 26.4 Å². The van der Waals surface area contributed by atoms with Crippen LogP contribution in [-0.2, 0) is 9.53 Å². The third-order valence-corrected chi connectivity index (χ3v) is 6.67. The van der Waals surface area contributed by atoms with Gasteiger partial charge < -0.3 is 24.6 Å². The highest BCUT2D eigenvalue weighted by atomic mass is 35.5. The summed E-state index contributed by atoms with van der Waals surface area (Å²) in [6, 6.07) is 21.1. The van der Waals surface area contributed by atoms with E-state index in [4.69, 9.17) is 21.1 Å². The highest BCUT2D eigenvalue weighted by Crippen LogP contribution is 2.31. The number of nitrogens with zero attached hydrogens (tertiary/aromatic N) is 2. The highest BCUT2D eigenvalue weighted by molar-refractivity contribution is 6.30. The smallest absolute Gasteiger partial charge is 0.338 e. The summed E-state index contributed by atoms with van der Waals surface area (Å²) in [4.78, 5) is 42.7. The van der Waals surface area contributed by atoms with E-state index >= 15 is 0 Å². The molecule has 1 N–H and O–H groups in total. The molecular formula is C30H32ClN3O5. The van der Waals surface area contributed by atoms with Crippen molar-refractivity contribution in [3.8, 4) is 5.75 Å². The van der Waals surface area contributed by atoms with Crippen LogP contribution in [0.3, 0.4) is 0 Å². The van der Waals surface area contributed by atoms with E-state index in [2.05, 4.69) is 10.2 Å². The van der Waals surface area contributed by atoms with Crippen molar-refractivity contribution >= 4 is 40.8 Å². The molecule has 4 rings (SSSR count). The fourth-order valence-electron chi connectivity index (χ4n) is 4.28. The first-order valence-corrected chi connectivity index (χ1v) is 13.2. The van der Waals surface area contributed by atoms with Crippen LogP contribution < -0.4 is 15.0 Å². The van der Waals surface area contributed by atoms with Crippen molar-refractivity contribution in [2.24, 2.45) is 0 Å². The van der Waals surface area contributed by atoms with E-state index in [1.54, 1.807) is 63.2 Å². The molecule has 1 fully saturated rings. The predicted octanol–water partition coefficient (Wildman–Crippen LogP) is 5.28. The number of rotatable bonds is 8. The molecule has 1 aliphatic heterocycles. The Balaban J connectivity index is 1.53. The van der Waals surface area contributed by atoms with Gasteiger partial charge in [-0.15, -0.1) is 0 Å². The molecule has 204 valence electrons. The van der Waals surface area contributed by atoms with Gasteiger partial charge in [-0.1, -0.05) is 29.8 Å². The Morgan fingerprint density at radius 1 is 0.897 bits per heavy atom. The summed E-state index contributed by atoms with van der Waals surface area (Å²) >= 11 is 5.97. The number of hydrogen-bond acceptors (Lipinski definition) is 6. The number of carbonyl (C=O) groups excluding carboxylic acids is 3. The van der Waals surface area contributed by atoms with Crippen molar-refractivity contribution in [3.05, 3.63) is 88.9 Å². The van der Waals surface area contributed by atoms with Gasteiger partial charge in [0.1, 0.15) is 5.75 Å². The van der Waals surface area contributed by atoms with Gasteiger partial charge >= 0.3 is 5.97 Å². The summed E-state index contributed by atoms with van der Waals surface area (Å²) in [6.45, 7) is 7.47. The Bertz CT molecular complexity index is 1320. The largest absolute Gasteiger partial charge is 0.478 e. The first-order chi connectivity index (χ1) is 18.7. The first-order valence-electron chi connectivity index (χ1n) is 12.8. The molecule has 8 nitrogen and oxygen atoms in total. The Hall–Kier alpha value is -4.04. The lowest BCUT2D eigenvalue weighted by molar-refractivity contribution is -0.128. The quantitative estimate of drug-likeness (QED) is 0.385. The highest BCUT2D eigenvalue weighted by Gasteiger charge is 2.32. The molecule has 1 aliphatic rings. The number of carbonyl (C=O) groups is 3. The molecule has 39 heavy (non-hydrogen) atoms. The molecule has 0 aliphatic carbocycles. The van der Waals surface area contributed by atoms with E-state index < -0.39 is 17.5 Å². The maximum absolute atomic E-state index is 13.4. The normalized spacial score (nSPS) is 13.5. The SMILES string of the molecule is CCOC(=O)c1ccc(N2CCN(C(=O)c3ccccc3)CC2)c(NC(=O)C(C)(C)Oc2ccc(Cl)cc2)c1. The van der Waals surface area contributed by atoms with E-state index in [0.29, 0.717) is 53.8 Å². The van der Waals surface area contributed by atoms with E-state index in [1.807, 2.05) is 35.2 Å². The molecule has 2 amide bonds. The summed E-state index contributed by atoms with van der Waals surface area (Å²) in [5, 5.41) is 3.52. The molecule has 0 bridgehead atoms. The van der Waals surface area contributed by atoms with Crippen molar-refractivity contribution < 1.29 is 23.9 Å². The number of amides is 2. The van der Waals surface area contributed by atoms with Gasteiger partial charge in [0.05, 0.1) is 23.5 Å². The molecule has 0 saturated carbocycles. The molecule has 1 saturated heterocycles. The van der Waals surface area contributed by atoms with E-state index in [9.17, 15) is 14.4 Å². The molecule has 0 unspecified atom stereocenters. The number of hydrogen-bond donors (Lipinski definition) is 1. The Morgan fingerprint density at radius 2 is 1.56 bits per heavy atom. The minimum absolute atomic E-state index is 0.0115. The third-order valence-electron chi connectivity index (χ3n) is 6.42. The number of nitrogens with one attached hydrogen (secondary N) is 1. The zero-order chi connectivity index (χ0) is 28.0. The van der Waals surface area contributed by atoms with E-state index in [1.165, 1.54) is 0 Å². The first kappa shape index (κ1) is 28.0. The van der Waals surface area contributed by atoms with Gasteiger partial charge in [0, 0.05) is 36.8 Å². The maximum atomic E-state index is 13.4. The van der Waals surface area contributed by atoms with Crippen molar-refractivity contribution in [3.63, 3.8) is 0 Å². The zero-order valence-electron chi connectivity index (χ0n) is 22.3. The number of ether oxygens (including phenoxy) is 2. The molecule has 0 spiro atoms. The van der Waals surface area contributed by atoms with Crippen LogP contribution in [0.5, 0.6) is 5.75 Å². The molecule has 0 atom stereocenters. The van der Waals surface area contributed by atoms with Crippen LogP contribution in [0.1, 0.15) is 41.5 Å². The van der Waals surface area contributed by atoms with Gasteiger partial charge in [-0.2, -0.15) is 0 Å². The summed E-state index contributed by atoms with van der Waals surface area (Å²) in [6.07, 6.45) is 0. The van der Waals surface area contributed by atoms with Gasteiger partial charge in [0.2, 0.25) is 0 Å². The third kappa shape index (κ3) is 6.89. The second-order valence-electron chi connectivity index (χ2n) is 9.62. The van der Waals surface area contributed by atoms with Crippen LogP contribution in [0, 0.1) is 0 Å². The molecule has 3 aromatic carbocycles. The molecule has 9 heteroatoms. The van der Waals surface area contributed by atoms with Gasteiger partial charge in [-0.3, -0.25) is 9.59 Å². The molecule has 0 radical (unpaired) electrons. The molecule has 3 aromatic rings. The van der Waals surface area contributed by atoms with Gasteiger partial charge in [-0.05, 0) is 75.4 Å². The second kappa shape index (κ2) is 12.2. The summed E-state index contributed by atoms with van der Waals surface area (Å²) in [5.41, 5.74) is 0.948. The monoisotopic (exact) mass is 549 g/mol. The maximum Gasteiger partial charge on any atom is 0.338 e. The lowest BCUT2D eigenvalue weighted by Gasteiger charge is -2.37. The van der Waals surface area contributed by atoms with Crippen LogP contribution in [0.2, 0.25) is 5.02 Å².